The van der Waals surface area contributed by atoms with Crippen LogP contribution in [-0.2, 0) is 0 Å². The Balaban J connectivity index is 0.00000180. The molecule has 0 unspecified atom stereocenters. The number of rotatable bonds is 4. The zero-order valence-electron chi connectivity index (χ0n) is 10.9. The molecule has 0 aliphatic carbocycles. The molecule has 4 nitrogen and oxygen atoms in total. The van der Waals surface area contributed by atoms with E-state index in [0.717, 1.165) is 25.3 Å². The van der Waals surface area contributed by atoms with Gasteiger partial charge in [0.2, 0.25) is 0 Å². The summed E-state index contributed by atoms with van der Waals surface area (Å²) in [5.41, 5.74) is 1.95. The molecule has 0 radical (unpaired) electrons. The van der Waals surface area contributed by atoms with Crippen molar-refractivity contribution in [1.82, 2.24) is 10.6 Å². The third-order valence-electron chi connectivity index (χ3n) is 2.99. The quantitative estimate of drug-likeness (QED) is 0.828. The van der Waals surface area contributed by atoms with E-state index in [-0.39, 0.29) is 18.3 Å². The molecule has 19 heavy (non-hydrogen) atoms. The van der Waals surface area contributed by atoms with Gasteiger partial charge in [-0.05, 0) is 37.2 Å². The van der Waals surface area contributed by atoms with Gasteiger partial charge in [-0.1, -0.05) is 11.6 Å². The van der Waals surface area contributed by atoms with E-state index in [9.17, 15) is 4.79 Å². The van der Waals surface area contributed by atoms with E-state index >= 15 is 0 Å². The molecule has 0 bridgehead atoms. The summed E-state index contributed by atoms with van der Waals surface area (Å²) in [7, 11) is 1.61. The van der Waals surface area contributed by atoms with E-state index in [0.29, 0.717) is 12.1 Å². The van der Waals surface area contributed by atoms with E-state index < -0.39 is 0 Å². The maximum absolute atomic E-state index is 11.9. The lowest BCUT2D eigenvalue weighted by atomic mass is 10.1. The van der Waals surface area contributed by atoms with Gasteiger partial charge in [0, 0.05) is 18.7 Å². The maximum atomic E-state index is 11.9. The van der Waals surface area contributed by atoms with E-state index in [2.05, 4.69) is 16.7 Å². The molecule has 2 rings (SSSR count). The average molecular weight is 283 g/mol. The molecule has 1 heterocycles. The second kappa shape index (κ2) is 7.81. The minimum Gasteiger partial charge on any atom is -0.497 e. The van der Waals surface area contributed by atoms with Crippen molar-refractivity contribution in [2.75, 3.05) is 26.7 Å². The number of ether oxygens (including phenoxy) is 1. The van der Waals surface area contributed by atoms with Gasteiger partial charge in [0.15, 0.2) is 0 Å². The van der Waals surface area contributed by atoms with Gasteiger partial charge in [0.05, 0.1) is 7.11 Å². The smallest absolute Gasteiger partial charge is 0.251 e. The van der Waals surface area contributed by atoms with Gasteiger partial charge >= 0.3 is 0 Å². The summed E-state index contributed by atoms with van der Waals surface area (Å²) in [5, 5.41) is 6.17. The third-order valence-corrected chi connectivity index (χ3v) is 2.99. The first-order chi connectivity index (χ1) is 8.79. The zero-order valence-corrected chi connectivity index (χ0v) is 11.8. The molecule has 0 saturated heterocycles. The Labute approximate surface area is 119 Å². The van der Waals surface area contributed by atoms with Crippen LogP contribution in [-0.4, -0.2) is 32.7 Å². The van der Waals surface area contributed by atoms with Crippen molar-refractivity contribution in [3.63, 3.8) is 0 Å². The first kappa shape index (κ1) is 15.5. The fraction of sp³-hybridized carbons (Fsp3) is 0.357. The molecule has 1 aromatic rings. The monoisotopic (exact) mass is 282 g/mol. The van der Waals surface area contributed by atoms with E-state index in [4.69, 9.17) is 4.74 Å². The van der Waals surface area contributed by atoms with Crippen LogP contribution in [0.5, 0.6) is 5.75 Å². The predicted octanol–water partition coefficient (Wildman–Crippen LogP) is 1.77. The first-order valence-electron chi connectivity index (χ1n) is 6.10. The lowest BCUT2D eigenvalue weighted by Gasteiger charge is -2.14. The van der Waals surface area contributed by atoms with Crippen molar-refractivity contribution in [3.8, 4) is 5.75 Å². The van der Waals surface area contributed by atoms with Crippen molar-refractivity contribution in [2.24, 2.45) is 0 Å². The van der Waals surface area contributed by atoms with Crippen LogP contribution in [0.1, 0.15) is 16.8 Å². The normalized spacial score (nSPS) is 14.1. The number of amides is 1. The van der Waals surface area contributed by atoms with Crippen LogP contribution in [0.3, 0.4) is 0 Å². The fourth-order valence-electron chi connectivity index (χ4n) is 1.87. The molecule has 0 atom stereocenters. The van der Waals surface area contributed by atoms with Gasteiger partial charge in [-0.2, -0.15) is 0 Å². The standard InChI is InChI=1S/C14H18N2O2.ClH/c1-18-13-4-2-12(3-5-13)14(17)16-10-11-6-8-15-9-7-11;/h2-6,15H,7-10H2,1H3,(H,16,17);1H. The van der Waals surface area contributed by atoms with Crippen LogP contribution in [0.25, 0.3) is 0 Å². The average Bonchev–Trinajstić information content (AvgIpc) is 2.46. The topological polar surface area (TPSA) is 50.4 Å². The highest BCUT2D eigenvalue weighted by molar-refractivity contribution is 5.94. The Kier molecular flexibility index (Phi) is 6.39. The lowest BCUT2D eigenvalue weighted by molar-refractivity contribution is 0.0956. The van der Waals surface area contributed by atoms with Crippen LogP contribution in [0.2, 0.25) is 0 Å². The molecule has 0 saturated carbocycles. The molecular formula is C14H19ClN2O2. The summed E-state index contributed by atoms with van der Waals surface area (Å²) in [6, 6.07) is 7.12. The van der Waals surface area contributed by atoms with Gasteiger partial charge in [0.25, 0.3) is 5.91 Å². The number of hydrogen-bond donors (Lipinski definition) is 2. The number of carbonyl (C=O) groups is 1. The van der Waals surface area contributed by atoms with Crippen LogP contribution >= 0.6 is 12.4 Å². The Morgan fingerprint density at radius 2 is 2.11 bits per heavy atom. The summed E-state index contributed by atoms with van der Waals surface area (Å²) in [4.78, 5) is 11.9. The van der Waals surface area contributed by atoms with Crippen molar-refractivity contribution in [3.05, 3.63) is 41.5 Å². The number of halogens is 1. The van der Waals surface area contributed by atoms with Crippen molar-refractivity contribution in [2.45, 2.75) is 6.42 Å². The van der Waals surface area contributed by atoms with Crippen molar-refractivity contribution >= 4 is 18.3 Å². The second-order valence-corrected chi connectivity index (χ2v) is 4.23. The Morgan fingerprint density at radius 3 is 2.68 bits per heavy atom. The first-order valence-corrected chi connectivity index (χ1v) is 6.10. The van der Waals surface area contributed by atoms with Crippen LogP contribution in [0.15, 0.2) is 35.9 Å². The van der Waals surface area contributed by atoms with Crippen LogP contribution in [0.4, 0.5) is 0 Å². The number of methoxy groups -OCH3 is 1. The number of nitrogens with one attached hydrogen (secondary N) is 2. The third kappa shape index (κ3) is 4.58. The molecule has 1 aliphatic rings. The predicted molar refractivity (Wildman–Crippen MR) is 78.1 cm³/mol. The van der Waals surface area contributed by atoms with E-state index in [1.807, 2.05) is 0 Å². The van der Waals surface area contributed by atoms with Gasteiger partial charge in [-0.3, -0.25) is 4.79 Å². The lowest BCUT2D eigenvalue weighted by Crippen LogP contribution is -2.29. The molecule has 0 fully saturated rings. The Hall–Kier alpha value is -1.52. The molecule has 104 valence electrons. The zero-order chi connectivity index (χ0) is 12.8. The van der Waals surface area contributed by atoms with Crippen LogP contribution < -0.4 is 15.4 Å². The Bertz CT molecular complexity index is 443. The molecule has 1 aliphatic heterocycles. The summed E-state index contributed by atoms with van der Waals surface area (Å²) in [5.74, 6) is 0.713. The molecule has 1 amide bonds. The van der Waals surface area contributed by atoms with Crippen molar-refractivity contribution < 1.29 is 9.53 Å². The van der Waals surface area contributed by atoms with Gasteiger partial charge in [-0.25, -0.2) is 0 Å². The summed E-state index contributed by atoms with van der Waals surface area (Å²) in [6.45, 7) is 2.52. The Morgan fingerprint density at radius 1 is 1.37 bits per heavy atom. The van der Waals surface area contributed by atoms with E-state index in [1.165, 1.54) is 5.57 Å². The molecule has 1 aromatic carbocycles. The SMILES string of the molecule is COc1ccc(C(=O)NCC2=CCNCC2)cc1.Cl. The van der Waals surface area contributed by atoms with Gasteiger partial charge in [0.1, 0.15) is 5.75 Å². The van der Waals surface area contributed by atoms with Crippen LogP contribution in [0, 0.1) is 0 Å². The minimum atomic E-state index is -0.0444. The van der Waals surface area contributed by atoms with Gasteiger partial charge < -0.3 is 15.4 Å². The molecule has 0 spiro atoms. The summed E-state index contributed by atoms with van der Waals surface area (Å²) in [6.07, 6.45) is 3.14. The summed E-state index contributed by atoms with van der Waals surface area (Å²) < 4.78 is 5.06. The largest absolute Gasteiger partial charge is 0.497 e. The number of hydrogen-bond acceptors (Lipinski definition) is 3. The summed E-state index contributed by atoms with van der Waals surface area (Å²) >= 11 is 0. The molecular weight excluding hydrogens is 264 g/mol. The molecule has 0 aromatic heterocycles. The van der Waals surface area contributed by atoms with Crippen molar-refractivity contribution in [1.29, 1.82) is 0 Å². The molecule has 2 N–H and O–H groups in total. The minimum absolute atomic E-state index is 0. The van der Waals surface area contributed by atoms with Gasteiger partial charge in [-0.15, -0.1) is 12.4 Å². The fourth-order valence-corrected chi connectivity index (χ4v) is 1.87. The highest BCUT2D eigenvalue weighted by Crippen LogP contribution is 2.11. The number of benzene rings is 1. The second-order valence-electron chi connectivity index (χ2n) is 4.23. The van der Waals surface area contributed by atoms with E-state index in [1.54, 1.807) is 31.4 Å². The molecule has 5 heteroatoms. The number of carbonyl (C=O) groups excluding carboxylic acids is 1. The maximum Gasteiger partial charge on any atom is 0.251 e. The highest BCUT2D eigenvalue weighted by Gasteiger charge is 2.07. The highest BCUT2D eigenvalue weighted by atomic mass is 35.5.